The van der Waals surface area contributed by atoms with E-state index in [0.717, 1.165) is 0 Å². The SMILES string of the molecule is Cc1ccc2c(-c3ccc(C(C)(C)C)cc3)c3ccccc3c(-c3cc4ccccc4cc3-c3ccccc3)c2c1. The van der Waals surface area contributed by atoms with Crippen molar-refractivity contribution in [2.75, 3.05) is 0 Å². The highest BCUT2D eigenvalue weighted by Crippen LogP contribution is 2.47. The van der Waals surface area contributed by atoms with E-state index in [1.807, 2.05) is 0 Å². The van der Waals surface area contributed by atoms with Crippen molar-refractivity contribution in [3.63, 3.8) is 0 Å². The molecule has 0 heterocycles. The Morgan fingerprint density at radius 1 is 0.415 bits per heavy atom. The first-order valence-electron chi connectivity index (χ1n) is 14.5. The van der Waals surface area contributed by atoms with Crippen LogP contribution in [0.5, 0.6) is 0 Å². The lowest BCUT2D eigenvalue weighted by Gasteiger charge is -2.22. The molecule has 0 aliphatic carbocycles. The van der Waals surface area contributed by atoms with Crippen molar-refractivity contribution in [3.8, 4) is 33.4 Å². The molecule has 0 unspecified atom stereocenters. The Morgan fingerprint density at radius 2 is 0.976 bits per heavy atom. The maximum absolute atomic E-state index is 2.40. The second-order valence-electron chi connectivity index (χ2n) is 12.3. The summed E-state index contributed by atoms with van der Waals surface area (Å²) < 4.78 is 0. The first kappa shape index (κ1) is 25.3. The van der Waals surface area contributed by atoms with Crippen LogP contribution in [-0.4, -0.2) is 0 Å². The lowest BCUT2D eigenvalue weighted by molar-refractivity contribution is 0.590. The molecule has 0 heteroatoms. The van der Waals surface area contributed by atoms with Crippen molar-refractivity contribution < 1.29 is 0 Å². The van der Waals surface area contributed by atoms with Gasteiger partial charge in [0, 0.05) is 0 Å². The lowest BCUT2D eigenvalue weighted by atomic mass is 9.81. The van der Waals surface area contributed by atoms with Gasteiger partial charge in [0.15, 0.2) is 0 Å². The monoisotopic (exact) mass is 526 g/mol. The molecule has 0 amide bonds. The summed E-state index contributed by atoms with van der Waals surface area (Å²) in [5, 5.41) is 7.68. The van der Waals surface area contributed by atoms with E-state index in [0.29, 0.717) is 0 Å². The van der Waals surface area contributed by atoms with Gasteiger partial charge < -0.3 is 0 Å². The van der Waals surface area contributed by atoms with E-state index < -0.39 is 0 Å². The molecule has 0 fully saturated rings. The molecule has 7 aromatic rings. The van der Waals surface area contributed by atoms with Gasteiger partial charge in [0.1, 0.15) is 0 Å². The van der Waals surface area contributed by atoms with Crippen LogP contribution in [0.3, 0.4) is 0 Å². The summed E-state index contributed by atoms with van der Waals surface area (Å²) >= 11 is 0. The summed E-state index contributed by atoms with van der Waals surface area (Å²) in [6, 6.07) is 49.5. The molecule has 0 N–H and O–H groups in total. The largest absolute Gasteiger partial charge is 0.0622 e. The first-order chi connectivity index (χ1) is 19.9. The fourth-order valence-corrected chi connectivity index (χ4v) is 6.33. The Labute approximate surface area is 242 Å². The van der Waals surface area contributed by atoms with E-state index in [1.165, 1.54) is 76.8 Å². The summed E-state index contributed by atoms with van der Waals surface area (Å²) in [6.07, 6.45) is 0. The summed E-state index contributed by atoms with van der Waals surface area (Å²) in [4.78, 5) is 0. The van der Waals surface area contributed by atoms with Crippen molar-refractivity contribution in [3.05, 3.63) is 145 Å². The van der Waals surface area contributed by atoms with Crippen LogP contribution in [0.25, 0.3) is 65.7 Å². The number of rotatable bonds is 3. The smallest absolute Gasteiger partial charge is 0.00198 e. The molecule has 7 rings (SSSR count). The minimum atomic E-state index is 0.119. The summed E-state index contributed by atoms with van der Waals surface area (Å²) in [5.74, 6) is 0. The van der Waals surface area contributed by atoms with Gasteiger partial charge >= 0.3 is 0 Å². The predicted octanol–water partition coefficient (Wildman–Crippen LogP) is 11.8. The fraction of sp³-hybridized carbons (Fsp3) is 0.122. The quantitative estimate of drug-likeness (QED) is 0.201. The van der Waals surface area contributed by atoms with E-state index in [4.69, 9.17) is 0 Å². The Morgan fingerprint density at radius 3 is 1.63 bits per heavy atom. The Kier molecular flexibility index (Phi) is 6.02. The molecule has 0 spiro atoms. The van der Waals surface area contributed by atoms with Gasteiger partial charge in [-0.2, -0.15) is 0 Å². The van der Waals surface area contributed by atoms with E-state index in [9.17, 15) is 0 Å². The number of hydrogen-bond donors (Lipinski definition) is 0. The van der Waals surface area contributed by atoms with Crippen molar-refractivity contribution in [2.24, 2.45) is 0 Å². The van der Waals surface area contributed by atoms with Crippen molar-refractivity contribution in [2.45, 2.75) is 33.1 Å². The van der Waals surface area contributed by atoms with Gasteiger partial charge in [-0.05, 0) is 95.7 Å². The van der Waals surface area contributed by atoms with Crippen LogP contribution in [0, 0.1) is 6.92 Å². The summed E-state index contributed by atoms with van der Waals surface area (Å²) in [7, 11) is 0. The minimum Gasteiger partial charge on any atom is -0.0622 e. The zero-order valence-corrected chi connectivity index (χ0v) is 24.2. The van der Waals surface area contributed by atoms with Gasteiger partial charge in [-0.1, -0.05) is 148 Å². The van der Waals surface area contributed by atoms with Crippen LogP contribution in [0.2, 0.25) is 0 Å². The highest BCUT2D eigenvalue weighted by molar-refractivity contribution is 6.23. The molecule has 0 radical (unpaired) electrons. The highest BCUT2D eigenvalue weighted by atomic mass is 14.2. The molecule has 7 aromatic carbocycles. The third-order valence-corrected chi connectivity index (χ3v) is 8.46. The Balaban J connectivity index is 1.62. The van der Waals surface area contributed by atoms with Crippen LogP contribution < -0.4 is 0 Å². The zero-order valence-electron chi connectivity index (χ0n) is 24.2. The molecular weight excluding hydrogens is 492 g/mol. The topological polar surface area (TPSA) is 0 Å². The minimum absolute atomic E-state index is 0.119. The normalized spacial score (nSPS) is 11.9. The van der Waals surface area contributed by atoms with Gasteiger partial charge in [-0.15, -0.1) is 0 Å². The maximum Gasteiger partial charge on any atom is -0.00198 e. The van der Waals surface area contributed by atoms with E-state index in [2.05, 4.69) is 161 Å². The van der Waals surface area contributed by atoms with Crippen molar-refractivity contribution in [1.29, 1.82) is 0 Å². The first-order valence-corrected chi connectivity index (χ1v) is 14.5. The lowest BCUT2D eigenvalue weighted by Crippen LogP contribution is -2.10. The third-order valence-electron chi connectivity index (χ3n) is 8.46. The van der Waals surface area contributed by atoms with Crippen molar-refractivity contribution >= 4 is 32.3 Å². The summed E-state index contributed by atoms with van der Waals surface area (Å²) in [6.45, 7) is 9.03. The van der Waals surface area contributed by atoms with Crippen LogP contribution in [-0.2, 0) is 5.41 Å². The second-order valence-corrected chi connectivity index (χ2v) is 12.3. The van der Waals surface area contributed by atoms with Gasteiger partial charge in [-0.25, -0.2) is 0 Å². The Hall–Kier alpha value is -4.68. The standard InChI is InChI=1S/C41H34/c1-27-18-23-35-37(24-27)40(38-26-31-15-9-8-14-30(31)25-36(38)28-12-6-5-7-13-28)34-17-11-10-16-33(34)39(35)29-19-21-32(22-20-29)41(2,3)4/h5-26H,1-4H3. The number of fused-ring (bicyclic) bond motifs is 3. The molecular formula is C41H34. The Bertz CT molecular complexity index is 2050. The molecule has 0 saturated carbocycles. The molecule has 0 bridgehead atoms. The summed E-state index contributed by atoms with van der Waals surface area (Å²) in [5.41, 5.74) is 10.4. The molecule has 0 atom stereocenters. The molecule has 0 aliphatic rings. The zero-order chi connectivity index (χ0) is 28.1. The van der Waals surface area contributed by atoms with Crippen LogP contribution >= 0.6 is 0 Å². The predicted molar refractivity (Wildman–Crippen MR) is 179 cm³/mol. The van der Waals surface area contributed by atoms with Gasteiger partial charge in [0.25, 0.3) is 0 Å². The average molecular weight is 527 g/mol. The number of hydrogen-bond acceptors (Lipinski definition) is 0. The fourth-order valence-electron chi connectivity index (χ4n) is 6.33. The van der Waals surface area contributed by atoms with Crippen LogP contribution in [0.1, 0.15) is 31.9 Å². The third kappa shape index (κ3) is 4.41. The highest BCUT2D eigenvalue weighted by Gasteiger charge is 2.20. The van der Waals surface area contributed by atoms with Gasteiger partial charge in [0.2, 0.25) is 0 Å². The molecule has 0 aromatic heterocycles. The molecule has 41 heavy (non-hydrogen) atoms. The number of aryl methyl sites for hydroxylation is 1. The maximum atomic E-state index is 2.40. The van der Waals surface area contributed by atoms with Crippen LogP contribution in [0.15, 0.2) is 133 Å². The van der Waals surface area contributed by atoms with Gasteiger partial charge in [-0.3, -0.25) is 0 Å². The molecule has 0 nitrogen and oxygen atoms in total. The van der Waals surface area contributed by atoms with E-state index >= 15 is 0 Å². The molecule has 0 aliphatic heterocycles. The van der Waals surface area contributed by atoms with E-state index in [1.54, 1.807) is 0 Å². The van der Waals surface area contributed by atoms with Crippen LogP contribution in [0.4, 0.5) is 0 Å². The van der Waals surface area contributed by atoms with Gasteiger partial charge in [0.05, 0.1) is 0 Å². The van der Waals surface area contributed by atoms with Crippen molar-refractivity contribution in [1.82, 2.24) is 0 Å². The molecule has 198 valence electrons. The number of benzene rings is 7. The molecule has 0 saturated heterocycles. The van der Waals surface area contributed by atoms with E-state index in [-0.39, 0.29) is 5.41 Å². The average Bonchev–Trinajstić information content (AvgIpc) is 2.99. The second kappa shape index (κ2) is 9.75.